The number of carbonyl (C=O) groups is 1. The lowest BCUT2D eigenvalue weighted by atomic mass is 10.1. The molecule has 3 rings (SSSR count). The van der Waals surface area contributed by atoms with Crippen LogP contribution in [0.5, 0.6) is 0 Å². The second-order valence-electron chi connectivity index (χ2n) is 5.16. The van der Waals surface area contributed by atoms with Gasteiger partial charge >= 0.3 is 0 Å². The number of rotatable bonds is 8. The Morgan fingerprint density at radius 3 is 2.86 bits per heavy atom. The summed E-state index contributed by atoms with van der Waals surface area (Å²) in [6.45, 7) is 1.75. The summed E-state index contributed by atoms with van der Waals surface area (Å²) in [7, 11) is 0. The standard InChI is InChI=1S/C14H13N9O3S2/c1-8(9-2-4-10(5-3-9)23(25)26)18-19-12-17-14(22-20-12)27-6-11(24)16-13-21-15-7-28-13/h2-5,7H,6H2,1H3,(H,16,21,24)(H2,17,19,20,22)/b18-8-. The number of nitro benzene ring substituents is 1. The second-order valence-corrected chi connectivity index (χ2v) is 6.94. The van der Waals surface area contributed by atoms with Crippen LogP contribution in [0.4, 0.5) is 16.8 Å². The van der Waals surface area contributed by atoms with Crippen LogP contribution in [-0.4, -0.2) is 47.7 Å². The monoisotopic (exact) mass is 419 g/mol. The van der Waals surface area contributed by atoms with Gasteiger partial charge in [-0.1, -0.05) is 23.1 Å². The van der Waals surface area contributed by atoms with E-state index >= 15 is 0 Å². The van der Waals surface area contributed by atoms with Crippen molar-refractivity contribution in [1.82, 2.24) is 25.4 Å². The smallest absolute Gasteiger partial charge is 0.269 e. The van der Waals surface area contributed by atoms with E-state index in [2.05, 4.69) is 41.2 Å². The third kappa shape index (κ3) is 5.31. The molecule has 0 saturated carbocycles. The Labute approximate surface area is 166 Å². The third-order valence-electron chi connectivity index (χ3n) is 3.23. The van der Waals surface area contributed by atoms with E-state index in [9.17, 15) is 14.9 Å². The van der Waals surface area contributed by atoms with Crippen LogP contribution >= 0.6 is 23.1 Å². The zero-order valence-electron chi connectivity index (χ0n) is 14.3. The molecule has 2 heterocycles. The average Bonchev–Trinajstić information content (AvgIpc) is 3.36. The van der Waals surface area contributed by atoms with Gasteiger partial charge in [0.2, 0.25) is 22.1 Å². The Morgan fingerprint density at radius 1 is 1.39 bits per heavy atom. The normalized spacial score (nSPS) is 11.2. The van der Waals surface area contributed by atoms with Gasteiger partial charge < -0.3 is 0 Å². The number of nitrogens with zero attached hydrogens (tertiary/aromatic N) is 6. The minimum Gasteiger partial charge on any atom is -0.300 e. The molecule has 3 aromatic rings. The van der Waals surface area contributed by atoms with Gasteiger partial charge in [-0.3, -0.25) is 20.2 Å². The van der Waals surface area contributed by atoms with E-state index in [4.69, 9.17) is 0 Å². The topological polar surface area (TPSA) is 164 Å². The molecule has 0 saturated heterocycles. The molecule has 0 aliphatic rings. The van der Waals surface area contributed by atoms with E-state index in [0.29, 0.717) is 21.9 Å². The minimum atomic E-state index is -0.462. The van der Waals surface area contributed by atoms with E-state index in [1.54, 1.807) is 19.1 Å². The molecule has 28 heavy (non-hydrogen) atoms. The van der Waals surface area contributed by atoms with Gasteiger partial charge in [-0.15, -0.1) is 15.3 Å². The lowest BCUT2D eigenvalue weighted by Crippen LogP contribution is -2.13. The molecule has 0 fully saturated rings. The highest BCUT2D eigenvalue weighted by molar-refractivity contribution is 7.99. The van der Waals surface area contributed by atoms with Gasteiger partial charge in [-0.05, 0) is 24.6 Å². The Bertz CT molecular complexity index is 986. The van der Waals surface area contributed by atoms with Crippen molar-refractivity contribution in [3.63, 3.8) is 0 Å². The molecule has 14 heteroatoms. The van der Waals surface area contributed by atoms with Crippen molar-refractivity contribution in [2.75, 3.05) is 16.5 Å². The molecule has 1 amide bonds. The van der Waals surface area contributed by atoms with Crippen molar-refractivity contribution in [2.45, 2.75) is 12.1 Å². The van der Waals surface area contributed by atoms with E-state index in [1.165, 1.54) is 29.0 Å². The van der Waals surface area contributed by atoms with E-state index in [-0.39, 0.29) is 17.3 Å². The van der Waals surface area contributed by atoms with Gasteiger partial charge in [0.1, 0.15) is 5.51 Å². The molecule has 0 unspecified atom stereocenters. The number of nitrogens with one attached hydrogen (secondary N) is 3. The first-order valence-electron chi connectivity index (χ1n) is 7.67. The number of anilines is 2. The maximum absolute atomic E-state index is 11.8. The molecule has 0 radical (unpaired) electrons. The molecule has 144 valence electrons. The Balaban J connectivity index is 1.51. The van der Waals surface area contributed by atoms with Gasteiger partial charge in [-0.2, -0.15) is 10.1 Å². The van der Waals surface area contributed by atoms with Crippen molar-refractivity contribution in [3.8, 4) is 0 Å². The zero-order chi connectivity index (χ0) is 19.9. The second kappa shape index (κ2) is 9.01. The number of hydrogen-bond acceptors (Lipinski definition) is 11. The van der Waals surface area contributed by atoms with Gasteiger partial charge in [0, 0.05) is 12.1 Å². The lowest BCUT2D eigenvalue weighted by molar-refractivity contribution is -0.384. The molecule has 3 N–H and O–H groups in total. The summed E-state index contributed by atoms with van der Waals surface area (Å²) in [6.07, 6.45) is 0. The summed E-state index contributed by atoms with van der Waals surface area (Å²) in [5.74, 6) is 0.170. The zero-order valence-corrected chi connectivity index (χ0v) is 16.0. The first kappa shape index (κ1) is 19.4. The number of amides is 1. The minimum absolute atomic E-state index is 0.0107. The number of aromatic amines is 1. The summed E-state index contributed by atoms with van der Waals surface area (Å²) in [4.78, 5) is 26.2. The van der Waals surface area contributed by atoms with Crippen molar-refractivity contribution in [3.05, 3.63) is 45.5 Å². The number of carbonyl (C=O) groups excluding carboxylic acids is 1. The first-order valence-corrected chi connectivity index (χ1v) is 9.54. The van der Waals surface area contributed by atoms with Gasteiger partial charge in [0.05, 0.1) is 16.4 Å². The van der Waals surface area contributed by atoms with Crippen LogP contribution in [0.3, 0.4) is 0 Å². The first-order chi connectivity index (χ1) is 13.5. The maximum Gasteiger partial charge on any atom is 0.269 e. The number of nitro groups is 1. The highest BCUT2D eigenvalue weighted by Gasteiger charge is 2.10. The summed E-state index contributed by atoms with van der Waals surface area (Å²) in [5.41, 5.74) is 5.58. The number of hydrogen-bond donors (Lipinski definition) is 3. The van der Waals surface area contributed by atoms with Crippen molar-refractivity contribution in [2.24, 2.45) is 5.10 Å². The molecule has 0 bridgehead atoms. The quantitative estimate of drug-likeness (QED) is 0.215. The summed E-state index contributed by atoms with van der Waals surface area (Å²) in [6, 6.07) is 6.03. The fourth-order valence-electron chi connectivity index (χ4n) is 1.90. The molecule has 1 aromatic carbocycles. The van der Waals surface area contributed by atoms with Crippen LogP contribution in [0.25, 0.3) is 0 Å². The van der Waals surface area contributed by atoms with Crippen LogP contribution < -0.4 is 10.7 Å². The molecule has 0 aliphatic heterocycles. The maximum atomic E-state index is 11.8. The molecule has 12 nitrogen and oxygen atoms in total. The third-order valence-corrected chi connectivity index (χ3v) is 4.68. The Hall–Kier alpha value is -3.39. The van der Waals surface area contributed by atoms with Crippen LogP contribution in [0.15, 0.2) is 40.0 Å². The van der Waals surface area contributed by atoms with Crippen molar-refractivity contribution in [1.29, 1.82) is 0 Å². The van der Waals surface area contributed by atoms with E-state index < -0.39 is 4.92 Å². The summed E-state index contributed by atoms with van der Waals surface area (Å²) >= 11 is 2.37. The molecular weight excluding hydrogens is 406 g/mol. The highest BCUT2D eigenvalue weighted by Crippen LogP contribution is 2.16. The number of non-ortho nitro benzene ring substituents is 1. The number of benzene rings is 1. The molecule has 0 spiro atoms. The lowest BCUT2D eigenvalue weighted by Gasteiger charge is -2.01. The number of hydrazone groups is 1. The van der Waals surface area contributed by atoms with Crippen LogP contribution in [0, 0.1) is 10.1 Å². The number of H-pyrrole nitrogens is 1. The average molecular weight is 419 g/mol. The summed E-state index contributed by atoms with van der Waals surface area (Å²) < 4.78 is 0. The SMILES string of the molecule is C/C(=N/Nc1nc(SCC(=O)Nc2nncs2)n[nH]1)c1ccc([N+](=O)[O-])cc1. The fourth-order valence-corrected chi connectivity index (χ4v) is 2.96. The van der Waals surface area contributed by atoms with Gasteiger partial charge in [-0.25, -0.2) is 10.5 Å². The number of thioether (sulfide) groups is 1. The van der Waals surface area contributed by atoms with Crippen LogP contribution in [0.1, 0.15) is 12.5 Å². The Morgan fingerprint density at radius 2 is 2.18 bits per heavy atom. The summed E-state index contributed by atoms with van der Waals surface area (Å²) in [5, 5.41) is 32.3. The fraction of sp³-hybridized carbons (Fsp3) is 0.143. The van der Waals surface area contributed by atoms with Crippen LogP contribution in [-0.2, 0) is 4.79 Å². The van der Waals surface area contributed by atoms with E-state index in [1.807, 2.05) is 0 Å². The van der Waals surface area contributed by atoms with Crippen molar-refractivity contribution < 1.29 is 9.72 Å². The predicted octanol–water partition coefficient (Wildman–Crippen LogP) is 2.13. The molecule has 2 aromatic heterocycles. The molecular formula is C14H13N9O3S2. The predicted molar refractivity (Wildman–Crippen MR) is 105 cm³/mol. The highest BCUT2D eigenvalue weighted by atomic mass is 32.2. The molecule has 0 aliphatic carbocycles. The number of aromatic nitrogens is 5. The largest absolute Gasteiger partial charge is 0.300 e. The van der Waals surface area contributed by atoms with Gasteiger partial charge in [0.25, 0.3) is 5.69 Å². The van der Waals surface area contributed by atoms with Crippen molar-refractivity contribution >= 4 is 51.5 Å². The molecule has 0 atom stereocenters. The van der Waals surface area contributed by atoms with Gasteiger partial charge in [0.15, 0.2) is 0 Å². The van der Waals surface area contributed by atoms with E-state index in [0.717, 1.165) is 17.3 Å². The Kier molecular flexibility index (Phi) is 6.23. The van der Waals surface area contributed by atoms with Crippen LogP contribution in [0.2, 0.25) is 0 Å².